The van der Waals surface area contributed by atoms with Crippen LogP contribution in [0, 0.1) is 0 Å². The molecule has 0 fully saturated rings. The molecule has 3 rings (SSSR count). The van der Waals surface area contributed by atoms with E-state index in [1.807, 2.05) is 30.3 Å². The lowest BCUT2D eigenvalue weighted by Crippen LogP contribution is -2.24. The molecule has 2 N–H and O–H groups in total. The van der Waals surface area contributed by atoms with E-state index >= 15 is 0 Å². The molecule has 0 aliphatic heterocycles. The topological polar surface area (TPSA) is 79.8 Å². The van der Waals surface area contributed by atoms with Gasteiger partial charge in [-0.15, -0.1) is 0 Å². The quantitative estimate of drug-likeness (QED) is 0.724. The minimum absolute atomic E-state index is 0.267. The van der Waals surface area contributed by atoms with Gasteiger partial charge in [0.1, 0.15) is 11.5 Å². The maximum absolute atomic E-state index is 12.1. The van der Waals surface area contributed by atoms with Crippen LogP contribution in [0.1, 0.15) is 28.5 Å². The van der Waals surface area contributed by atoms with E-state index in [4.69, 9.17) is 0 Å². The molecule has 2 aromatic heterocycles. The van der Waals surface area contributed by atoms with Gasteiger partial charge in [-0.05, 0) is 29.7 Å². The van der Waals surface area contributed by atoms with Gasteiger partial charge in [-0.3, -0.25) is 9.78 Å². The van der Waals surface area contributed by atoms with Crippen LogP contribution in [0.15, 0.2) is 61.2 Å². The highest BCUT2D eigenvalue weighted by atomic mass is 16.1. The van der Waals surface area contributed by atoms with Crippen LogP contribution in [0.2, 0.25) is 0 Å². The van der Waals surface area contributed by atoms with Crippen LogP contribution in [0.25, 0.3) is 0 Å². The number of amides is 1. The van der Waals surface area contributed by atoms with Gasteiger partial charge in [0, 0.05) is 24.6 Å². The maximum Gasteiger partial charge on any atom is 0.271 e. The molecule has 6 nitrogen and oxygen atoms in total. The molecule has 1 amide bonds. The van der Waals surface area contributed by atoms with E-state index in [1.54, 1.807) is 18.6 Å². The number of aryl methyl sites for hydroxylation is 1. The minimum atomic E-state index is -0.267. The third kappa shape index (κ3) is 4.38. The second kappa shape index (κ2) is 8.01. The van der Waals surface area contributed by atoms with Gasteiger partial charge >= 0.3 is 0 Å². The Morgan fingerprint density at radius 1 is 1.04 bits per heavy atom. The fraction of sp³-hybridized carbons (Fsp3) is 0.158. The van der Waals surface area contributed by atoms with E-state index in [-0.39, 0.29) is 11.6 Å². The molecule has 0 aliphatic carbocycles. The fourth-order valence-corrected chi connectivity index (χ4v) is 2.37. The van der Waals surface area contributed by atoms with E-state index < -0.39 is 0 Å². The zero-order chi connectivity index (χ0) is 17.5. The van der Waals surface area contributed by atoms with Gasteiger partial charge in [-0.2, -0.15) is 0 Å². The number of pyridine rings is 1. The summed E-state index contributed by atoms with van der Waals surface area (Å²) in [7, 11) is 0. The molecule has 0 unspecified atom stereocenters. The summed E-state index contributed by atoms with van der Waals surface area (Å²) in [5, 5.41) is 6.03. The maximum atomic E-state index is 12.1. The summed E-state index contributed by atoms with van der Waals surface area (Å²) in [5.74, 6) is 0.335. The molecular formula is C19H19N5O. The zero-order valence-electron chi connectivity index (χ0n) is 13.9. The standard InChI is InChI=1S/C19H19N5O/c1-2-15-7-3-4-8-16(15)24-18-13-21-17(12-22-18)19(25)23-11-14-6-5-9-20-10-14/h3-10,12-13H,2,11H2,1H3,(H,22,24)(H,23,25). The van der Waals surface area contributed by atoms with Gasteiger partial charge in [0.25, 0.3) is 5.91 Å². The van der Waals surface area contributed by atoms with Gasteiger partial charge < -0.3 is 10.6 Å². The molecular weight excluding hydrogens is 314 g/mol. The number of para-hydroxylation sites is 1. The smallest absolute Gasteiger partial charge is 0.271 e. The number of carbonyl (C=O) groups excluding carboxylic acids is 1. The number of aromatic nitrogens is 3. The van der Waals surface area contributed by atoms with E-state index in [0.717, 1.165) is 17.7 Å². The Morgan fingerprint density at radius 3 is 2.64 bits per heavy atom. The highest BCUT2D eigenvalue weighted by Gasteiger charge is 2.08. The van der Waals surface area contributed by atoms with Crippen molar-refractivity contribution in [2.24, 2.45) is 0 Å². The number of carbonyl (C=O) groups is 1. The molecule has 0 saturated carbocycles. The number of nitrogens with zero attached hydrogens (tertiary/aromatic N) is 3. The SMILES string of the molecule is CCc1ccccc1Nc1cnc(C(=O)NCc2cccnc2)cn1. The number of anilines is 2. The number of hydrogen-bond donors (Lipinski definition) is 2. The molecule has 0 saturated heterocycles. The van der Waals surface area contributed by atoms with Gasteiger partial charge in [0.05, 0.1) is 12.4 Å². The van der Waals surface area contributed by atoms with Crippen molar-refractivity contribution < 1.29 is 4.79 Å². The van der Waals surface area contributed by atoms with Crippen molar-refractivity contribution in [1.82, 2.24) is 20.3 Å². The second-order valence-electron chi connectivity index (χ2n) is 5.47. The van der Waals surface area contributed by atoms with Crippen LogP contribution in [0.4, 0.5) is 11.5 Å². The number of rotatable bonds is 6. The molecule has 0 atom stereocenters. The van der Waals surface area contributed by atoms with E-state index in [9.17, 15) is 4.79 Å². The largest absolute Gasteiger partial charge is 0.347 e. The first-order valence-corrected chi connectivity index (χ1v) is 8.10. The van der Waals surface area contributed by atoms with Crippen LogP contribution in [0.3, 0.4) is 0 Å². The van der Waals surface area contributed by atoms with Crippen molar-refractivity contribution in [2.75, 3.05) is 5.32 Å². The summed E-state index contributed by atoms with van der Waals surface area (Å²) in [6.07, 6.45) is 7.36. The molecule has 6 heteroatoms. The Bertz CT molecular complexity index is 834. The Hall–Kier alpha value is -3.28. The third-order valence-electron chi connectivity index (χ3n) is 3.72. The molecule has 0 aliphatic rings. The van der Waals surface area contributed by atoms with E-state index in [1.165, 1.54) is 11.8 Å². The zero-order valence-corrected chi connectivity index (χ0v) is 13.9. The molecule has 0 radical (unpaired) electrons. The molecule has 1 aromatic carbocycles. The lowest BCUT2D eigenvalue weighted by molar-refractivity contribution is 0.0945. The lowest BCUT2D eigenvalue weighted by Gasteiger charge is -2.10. The van der Waals surface area contributed by atoms with Crippen LogP contribution in [-0.4, -0.2) is 20.9 Å². The van der Waals surface area contributed by atoms with Crippen LogP contribution >= 0.6 is 0 Å². The van der Waals surface area contributed by atoms with Crippen LogP contribution in [0.5, 0.6) is 0 Å². The van der Waals surface area contributed by atoms with Crippen LogP contribution < -0.4 is 10.6 Å². The minimum Gasteiger partial charge on any atom is -0.347 e. The molecule has 2 heterocycles. The average Bonchev–Trinajstić information content (AvgIpc) is 2.68. The van der Waals surface area contributed by atoms with E-state index in [2.05, 4.69) is 38.6 Å². The molecule has 3 aromatic rings. The third-order valence-corrected chi connectivity index (χ3v) is 3.72. The number of nitrogens with one attached hydrogen (secondary N) is 2. The molecule has 0 bridgehead atoms. The predicted octanol–water partition coefficient (Wildman–Crippen LogP) is 3.11. The second-order valence-corrected chi connectivity index (χ2v) is 5.47. The number of hydrogen-bond acceptors (Lipinski definition) is 5. The van der Waals surface area contributed by atoms with Crippen molar-refractivity contribution in [3.63, 3.8) is 0 Å². The summed E-state index contributed by atoms with van der Waals surface area (Å²) in [6.45, 7) is 2.50. The fourth-order valence-electron chi connectivity index (χ4n) is 2.37. The van der Waals surface area contributed by atoms with Crippen molar-refractivity contribution in [2.45, 2.75) is 19.9 Å². The Kier molecular flexibility index (Phi) is 5.31. The molecule has 0 spiro atoms. The monoisotopic (exact) mass is 333 g/mol. The Balaban J connectivity index is 1.62. The highest BCUT2D eigenvalue weighted by Crippen LogP contribution is 2.19. The summed E-state index contributed by atoms with van der Waals surface area (Å²) in [6, 6.07) is 11.8. The predicted molar refractivity (Wildman–Crippen MR) is 96.5 cm³/mol. The summed E-state index contributed by atoms with van der Waals surface area (Å²) < 4.78 is 0. The lowest BCUT2D eigenvalue weighted by atomic mass is 10.1. The van der Waals surface area contributed by atoms with Gasteiger partial charge in [0.2, 0.25) is 0 Å². The van der Waals surface area contributed by atoms with E-state index in [0.29, 0.717) is 12.4 Å². The Labute approximate surface area is 146 Å². The van der Waals surface area contributed by atoms with Crippen molar-refractivity contribution in [1.29, 1.82) is 0 Å². The van der Waals surface area contributed by atoms with Crippen LogP contribution in [-0.2, 0) is 13.0 Å². The van der Waals surface area contributed by atoms with Crippen molar-refractivity contribution >= 4 is 17.4 Å². The summed E-state index contributed by atoms with van der Waals surface area (Å²) in [4.78, 5) is 24.6. The first-order chi connectivity index (χ1) is 12.3. The highest BCUT2D eigenvalue weighted by molar-refractivity contribution is 5.92. The van der Waals surface area contributed by atoms with Crippen molar-refractivity contribution in [3.8, 4) is 0 Å². The van der Waals surface area contributed by atoms with Gasteiger partial charge in [-0.1, -0.05) is 31.2 Å². The summed E-state index contributed by atoms with van der Waals surface area (Å²) >= 11 is 0. The van der Waals surface area contributed by atoms with Gasteiger partial charge in [0.15, 0.2) is 0 Å². The first-order valence-electron chi connectivity index (χ1n) is 8.10. The normalized spacial score (nSPS) is 10.3. The number of benzene rings is 1. The molecule has 25 heavy (non-hydrogen) atoms. The first kappa shape index (κ1) is 16.6. The summed E-state index contributed by atoms with van der Waals surface area (Å²) in [5.41, 5.74) is 3.40. The molecule has 126 valence electrons. The average molecular weight is 333 g/mol. The van der Waals surface area contributed by atoms with Crippen molar-refractivity contribution in [3.05, 3.63) is 78.0 Å². The van der Waals surface area contributed by atoms with Gasteiger partial charge in [-0.25, -0.2) is 9.97 Å². The Morgan fingerprint density at radius 2 is 1.92 bits per heavy atom.